The summed E-state index contributed by atoms with van der Waals surface area (Å²) in [5.41, 5.74) is 3.55. The highest BCUT2D eigenvalue weighted by atomic mass is 32.1. The summed E-state index contributed by atoms with van der Waals surface area (Å²) in [4.78, 5) is 44.2. The molecule has 12 heteroatoms. The van der Waals surface area contributed by atoms with Crippen molar-refractivity contribution in [3.8, 4) is 10.4 Å². The number of ether oxygens (including phenoxy) is 2. The van der Waals surface area contributed by atoms with E-state index in [4.69, 9.17) is 9.47 Å². The highest BCUT2D eigenvalue weighted by Crippen LogP contribution is 2.43. The van der Waals surface area contributed by atoms with Crippen molar-refractivity contribution in [3.63, 3.8) is 0 Å². The normalized spacial score (nSPS) is 10.6. The summed E-state index contributed by atoms with van der Waals surface area (Å²) in [7, 11) is 1.31. The summed E-state index contributed by atoms with van der Waals surface area (Å²) in [5.74, 6) is -2.37. The van der Waals surface area contributed by atoms with Crippen LogP contribution in [0.2, 0.25) is 0 Å². The lowest BCUT2D eigenvalue weighted by molar-refractivity contribution is 0.0527. The van der Waals surface area contributed by atoms with Gasteiger partial charge in [-0.05, 0) is 55.7 Å². The Hall–Kier alpha value is -4.03. The minimum atomic E-state index is -0.860. The van der Waals surface area contributed by atoms with E-state index in [1.807, 2.05) is 6.92 Å². The number of hydrogen-bond donors (Lipinski definition) is 2. The van der Waals surface area contributed by atoms with E-state index in [-0.39, 0.29) is 29.3 Å². The lowest BCUT2D eigenvalue weighted by Crippen LogP contribution is -2.32. The molecule has 2 aromatic carbocycles. The second-order valence-corrected chi connectivity index (χ2v) is 9.19. The van der Waals surface area contributed by atoms with E-state index in [0.29, 0.717) is 28.1 Å². The molecule has 9 nitrogen and oxygen atoms in total. The van der Waals surface area contributed by atoms with Gasteiger partial charge in [-0.3, -0.25) is 9.74 Å². The minimum Gasteiger partial charge on any atom is -0.462 e. The number of nitrogens with one attached hydrogen (secondary N) is 2. The van der Waals surface area contributed by atoms with Crippen LogP contribution in [-0.4, -0.2) is 38.4 Å². The summed E-state index contributed by atoms with van der Waals surface area (Å²) in [6, 6.07) is 9.58. The Kier molecular flexibility index (Phi) is 10.4. The van der Waals surface area contributed by atoms with Crippen LogP contribution >= 0.6 is 11.3 Å². The number of benzene rings is 2. The van der Waals surface area contributed by atoms with Crippen LogP contribution in [0.25, 0.3) is 10.4 Å². The Morgan fingerprint density at radius 3 is 2.26 bits per heavy atom. The number of anilines is 2. The molecular weight excluding hydrogens is 532 g/mol. The van der Waals surface area contributed by atoms with Crippen molar-refractivity contribution >= 4 is 40.1 Å². The number of amides is 3. The first-order chi connectivity index (χ1) is 18.7. The minimum absolute atomic E-state index is 0.0755. The largest absolute Gasteiger partial charge is 0.462 e. The SMILES string of the molecule is CCCOC(=O)N(Cc1c(F)cccc1F)c1sc(-c2ccc(NC(=O)NOC)cc2)c(C)c1C(=O)OCC. The van der Waals surface area contributed by atoms with E-state index < -0.39 is 36.3 Å². The van der Waals surface area contributed by atoms with Crippen molar-refractivity contribution in [1.82, 2.24) is 5.48 Å². The van der Waals surface area contributed by atoms with Gasteiger partial charge in [0.1, 0.15) is 16.6 Å². The van der Waals surface area contributed by atoms with Crippen molar-refractivity contribution in [2.75, 3.05) is 30.5 Å². The Morgan fingerprint density at radius 1 is 1.00 bits per heavy atom. The third-order valence-electron chi connectivity index (χ3n) is 5.48. The summed E-state index contributed by atoms with van der Waals surface area (Å²) in [5, 5.41) is 2.72. The molecule has 0 bridgehead atoms. The monoisotopic (exact) mass is 561 g/mol. The predicted octanol–water partition coefficient (Wildman–Crippen LogP) is 6.41. The fourth-order valence-electron chi connectivity index (χ4n) is 3.69. The molecule has 3 rings (SSSR count). The second-order valence-electron chi connectivity index (χ2n) is 8.20. The number of carbonyl (C=O) groups excluding carboxylic acids is 3. The molecule has 208 valence electrons. The van der Waals surface area contributed by atoms with Gasteiger partial charge in [0.25, 0.3) is 0 Å². The number of esters is 1. The van der Waals surface area contributed by atoms with Gasteiger partial charge in [0.15, 0.2) is 0 Å². The molecule has 0 unspecified atom stereocenters. The zero-order valence-corrected chi connectivity index (χ0v) is 22.7. The van der Waals surface area contributed by atoms with Crippen molar-refractivity contribution in [2.45, 2.75) is 33.7 Å². The third-order valence-corrected chi connectivity index (χ3v) is 6.84. The topological polar surface area (TPSA) is 106 Å². The van der Waals surface area contributed by atoms with Crippen LogP contribution in [0, 0.1) is 18.6 Å². The predicted molar refractivity (Wildman–Crippen MR) is 144 cm³/mol. The molecule has 0 atom stereocenters. The van der Waals surface area contributed by atoms with E-state index >= 15 is 0 Å². The van der Waals surface area contributed by atoms with Crippen molar-refractivity contribution in [2.24, 2.45) is 0 Å². The number of hydrogen-bond acceptors (Lipinski definition) is 7. The molecule has 39 heavy (non-hydrogen) atoms. The first kappa shape index (κ1) is 29.5. The summed E-state index contributed by atoms with van der Waals surface area (Å²) in [6.07, 6.45) is -0.336. The van der Waals surface area contributed by atoms with Gasteiger partial charge in [-0.1, -0.05) is 25.1 Å². The van der Waals surface area contributed by atoms with Crippen LogP contribution in [0.3, 0.4) is 0 Å². The summed E-state index contributed by atoms with van der Waals surface area (Å²) >= 11 is 1.08. The van der Waals surface area contributed by atoms with E-state index in [9.17, 15) is 23.2 Å². The molecule has 3 aromatic rings. The van der Waals surface area contributed by atoms with Gasteiger partial charge in [0.05, 0.1) is 32.4 Å². The molecule has 0 aliphatic carbocycles. The molecule has 0 spiro atoms. The smallest absolute Gasteiger partial charge is 0.415 e. The fourth-order valence-corrected chi connectivity index (χ4v) is 4.98. The number of rotatable bonds is 10. The van der Waals surface area contributed by atoms with Gasteiger partial charge < -0.3 is 14.8 Å². The highest BCUT2D eigenvalue weighted by molar-refractivity contribution is 7.20. The number of urea groups is 1. The maximum Gasteiger partial charge on any atom is 0.415 e. The van der Waals surface area contributed by atoms with Crippen LogP contribution < -0.4 is 15.7 Å². The Bertz CT molecular complexity index is 1310. The maximum atomic E-state index is 14.6. The van der Waals surface area contributed by atoms with Crippen molar-refractivity contribution < 1.29 is 37.5 Å². The molecule has 2 N–H and O–H groups in total. The van der Waals surface area contributed by atoms with Crippen molar-refractivity contribution in [1.29, 1.82) is 0 Å². The fraction of sp³-hybridized carbons (Fsp3) is 0.296. The van der Waals surface area contributed by atoms with Gasteiger partial charge in [-0.2, -0.15) is 0 Å². The van der Waals surface area contributed by atoms with E-state index in [0.717, 1.165) is 28.4 Å². The quantitative estimate of drug-likeness (QED) is 0.219. The zero-order valence-electron chi connectivity index (χ0n) is 21.9. The van der Waals surface area contributed by atoms with Crippen LogP contribution in [0.5, 0.6) is 0 Å². The van der Waals surface area contributed by atoms with Gasteiger partial charge in [-0.15, -0.1) is 11.3 Å². The average Bonchev–Trinajstić information content (AvgIpc) is 3.24. The molecule has 0 fully saturated rings. The van der Waals surface area contributed by atoms with E-state index in [2.05, 4.69) is 15.6 Å². The van der Waals surface area contributed by atoms with Crippen LogP contribution in [0.15, 0.2) is 42.5 Å². The van der Waals surface area contributed by atoms with Gasteiger partial charge >= 0.3 is 18.1 Å². The molecule has 0 aliphatic rings. The van der Waals surface area contributed by atoms with Crippen molar-refractivity contribution in [3.05, 3.63) is 70.8 Å². The first-order valence-corrected chi connectivity index (χ1v) is 12.9. The Labute approximate surface area is 228 Å². The first-order valence-electron chi connectivity index (χ1n) is 12.1. The van der Waals surface area contributed by atoms with Gasteiger partial charge in [0.2, 0.25) is 0 Å². The molecule has 0 radical (unpaired) electrons. The molecule has 0 saturated heterocycles. The van der Waals surface area contributed by atoms with Crippen LogP contribution in [0.1, 0.15) is 41.8 Å². The standard InChI is InChI=1S/C27H29F2N3O6S/c1-5-14-38-27(35)32(15-19-20(28)8-7-9-21(19)29)24-22(25(33)37-6-2)16(3)23(39-24)17-10-12-18(13-11-17)30-26(34)31-36-4/h7-13H,5-6,14-15H2,1-4H3,(H2,30,31,34). The second kappa shape index (κ2) is 13.7. The van der Waals surface area contributed by atoms with Gasteiger partial charge in [0, 0.05) is 16.1 Å². The number of thiophene rings is 1. The molecule has 0 saturated carbocycles. The third kappa shape index (κ3) is 7.09. The molecule has 1 heterocycles. The van der Waals surface area contributed by atoms with Crippen LogP contribution in [-0.2, 0) is 20.9 Å². The summed E-state index contributed by atoms with van der Waals surface area (Å²) < 4.78 is 39.8. The Morgan fingerprint density at radius 2 is 1.67 bits per heavy atom. The lowest BCUT2D eigenvalue weighted by Gasteiger charge is -2.22. The highest BCUT2D eigenvalue weighted by Gasteiger charge is 2.31. The number of hydroxylamine groups is 1. The molecule has 1 aromatic heterocycles. The zero-order chi connectivity index (χ0) is 28.5. The summed E-state index contributed by atoms with van der Waals surface area (Å²) in [6.45, 7) is 4.79. The Balaban J connectivity index is 2.11. The number of halogens is 2. The van der Waals surface area contributed by atoms with E-state index in [1.165, 1.54) is 13.2 Å². The molecule has 3 amide bonds. The molecule has 0 aliphatic heterocycles. The molecular formula is C27H29F2N3O6S. The average molecular weight is 562 g/mol. The lowest BCUT2D eigenvalue weighted by atomic mass is 10.1. The van der Waals surface area contributed by atoms with Crippen LogP contribution in [0.4, 0.5) is 29.1 Å². The van der Waals surface area contributed by atoms with E-state index in [1.54, 1.807) is 38.1 Å². The maximum absolute atomic E-state index is 14.6. The number of nitrogens with zero attached hydrogens (tertiary/aromatic N) is 1. The van der Waals surface area contributed by atoms with Gasteiger partial charge in [-0.25, -0.2) is 28.6 Å². The number of carbonyl (C=O) groups is 3.